The summed E-state index contributed by atoms with van der Waals surface area (Å²) in [6, 6.07) is 0. The second-order valence-electron chi connectivity index (χ2n) is 15.4. The highest BCUT2D eigenvalue weighted by molar-refractivity contribution is 7.47. The Hall–Kier alpha value is -4.11. The van der Waals surface area contributed by atoms with Gasteiger partial charge in [-0.1, -0.05) is 173 Å². The number of likely N-dealkylation sites (N-methyl/N-ethyl adjacent to an activating group) is 1. The number of ether oxygens (including phenoxy) is 2. The molecule has 0 spiro atoms. The predicted molar refractivity (Wildman–Crippen MR) is 260 cm³/mol. The molecule has 0 aliphatic heterocycles. The Balaban J connectivity index is 4.63. The smallest absolute Gasteiger partial charge is 0.462 e. The minimum Gasteiger partial charge on any atom is -0.462 e. The zero-order chi connectivity index (χ0) is 45.7. The van der Waals surface area contributed by atoms with Crippen LogP contribution in [0, 0.1) is 0 Å². The summed E-state index contributed by atoms with van der Waals surface area (Å²) in [5, 5.41) is 0. The fourth-order valence-corrected chi connectivity index (χ4v) is 5.62. The maximum Gasteiger partial charge on any atom is 0.472 e. The summed E-state index contributed by atoms with van der Waals surface area (Å²) in [5.74, 6) is -1.01. The van der Waals surface area contributed by atoms with E-state index in [-0.39, 0.29) is 26.1 Å². The topological polar surface area (TPSA) is 108 Å². The number of phosphoric ester groups is 1. The van der Waals surface area contributed by atoms with E-state index in [1.807, 2.05) is 45.4 Å². The number of carbonyl (C=O) groups is 2. The lowest BCUT2D eigenvalue weighted by atomic mass is 10.2. The third kappa shape index (κ3) is 45.4. The van der Waals surface area contributed by atoms with E-state index < -0.39 is 32.5 Å². The van der Waals surface area contributed by atoms with Gasteiger partial charge in [0.15, 0.2) is 6.10 Å². The lowest BCUT2D eigenvalue weighted by molar-refractivity contribution is -0.870. The molecule has 0 aliphatic carbocycles. The van der Waals surface area contributed by atoms with Crippen LogP contribution in [0.15, 0.2) is 146 Å². The number of quaternary nitrogens is 1. The van der Waals surface area contributed by atoms with E-state index in [1.165, 1.54) is 12.8 Å². The molecule has 0 heterocycles. The summed E-state index contributed by atoms with van der Waals surface area (Å²) in [5.41, 5.74) is 0. The Morgan fingerprint density at radius 2 is 0.871 bits per heavy atom. The van der Waals surface area contributed by atoms with E-state index in [9.17, 15) is 19.0 Å². The standard InChI is InChI=1S/C52H80NO8P/c1-6-8-10-12-14-16-18-20-22-24-26-28-30-32-34-36-38-40-42-44-51(54)58-48-50(49-60-62(56,57)59-47-46-53(3,4)5)61-52(55)45-43-41-39-37-35-33-31-29-27-25-23-21-19-17-15-13-11-9-7-2/h10-17,20-23,26-29,32-35,38-41,50H,6-9,18-19,24-25,30-31,36-37,42-49H2,1-5H3/p+1/b12-10+,13-11+,16-14+,17-15+,22-20+,23-21+,28-26+,29-27+,34-32+,35-33+,40-38+,41-39+. The second kappa shape index (κ2) is 42.2. The molecular formula is C52H81NO8P+. The Morgan fingerprint density at radius 3 is 1.27 bits per heavy atom. The summed E-state index contributed by atoms with van der Waals surface area (Å²) < 4.78 is 34.1. The zero-order valence-electron chi connectivity index (χ0n) is 38.8. The highest BCUT2D eigenvalue weighted by atomic mass is 31.2. The number of hydrogen-bond acceptors (Lipinski definition) is 7. The van der Waals surface area contributed by atoms with Crippen molar-refractivity contribution in [3.05, 3.63) is 146 Å². The lowest BCUT2D eigenvalue weighted by Crippen LogP contribution is -2.37. The van der Waals surface area contributed by atoms with Crippen molar-refractivity contribution in [2.45, 2.75) is 123 Å². The van der Waals surface area contributed by atoms with Crippen molar-refractivity contribution in [2.24, 2.45) is 0 Å². The summed E-state index contributed by atoms with van der Waals surface area (Å²) in [6.07, 6.45) is 62.1. The molecule has 10 heteroatoms. The highest BCUT2D eigenvalue weighted by Crippen LogP contribution is 2.43. The molecule has 0 aromatic carbocycles. The van der Waals surface area contributed by atoms with E-state index in [0.717, 1.165) is 64.2 Å². The van der Waals surface area contributed by atoms with E-state index >= 15 is 0 Å². The van der Waals surface area contributed by atoms with Gasteiger partial charge in [0, 0.05) is 12.8 Å². The van der Waals surface area contributed by atoms with Crippen molar-refractivity contribution in [1.29, 1.82) is 0 Å². The number of esters is 2. The molecule has 0 amide bonds. The third-order valence-electron chi connectivity index (χ3n) is 8.39. The van der Waals surface area contributed by atoms with Gasteiger partial charge in [0.05, 0.1) is 27.7 Å². The molecule has 0 radical (unpaired) electrons. The van der Waals surface area contributed by atoms with Crippen molar-refractivity contribution in [2.75, 3.05) is 47.5 Å². The molecule has 1 N–H and O–H groups in total. The van der Waals surface area contributed by atoms with Gasteiger partial charge in [-0.2, -0.15) is 0 Å². The fraction of sp³-hybridized carbons (Fsp3) is 0.500. The van der Waals surface area contributed by atoms with Gasteiger partial charge in [0.25, 0.3) is 0 Å². The van der Waals surface area contributed by atoms with E-state index in [0.29, 0.717) is 23.9 Å². The molecule has 0 saturated carbocycles. The van der Waals surface area contributed by atoms with Gasteiger partial charge in [-0.3, -0.25) is 18.6 Å². The van der Waals surface area contributed by atoms with Crippen molar-refractivity contribution in [3.8, 4) is 0 Å². The monoisotopic (exact) mass is 879 g/mol. The Labute approximate surface area is 376 Å². The van der Waals surface area contributed by atoms with Gasteiger partial charge in [-0.15, -0.1) is 0 Å². The molecule has 0 aromatic heterocycles. The summed E-state index contributed by atoms with van der Waals surface area (Å²) in [4.78, 5) is 35.3. The minimum absolute atomic E-state index is 0.00292. The van der Waals surface area contributed by atoms with Gasteiger partial charge in [0.2, 0.25) is 0 Å². The Morgan fingerprint density at radius 1 is 0.500 bits per heavy atom. The molecule has 9 nitrogen and oxygen atoms in total. The maximum absolute atomic E-state index is 12.7. The van der Waals surface area contributed by atoms with Gasteiger partial charge in [-0.25, -0.2) is 4.57 Å². The summed E-state index contributed by atoms with van der Waals surface area (Å²) in [6.45, 7) is 4.04. The van der Waals surface area contributed by atoms with Crippen LogP contribution in [0.2, 0.25) is 0 Å². The third-order valence-corrected chi connectivity index (χ3v) is 9.37. The highest BCUT2D eigenvalue weighted by Gasteiger charge is 2.27. The first-order valence-corrected chi connectivity index (χ1v) is 24.1. The molecule has 62 heavy (non-hydrogen) atoms. The van der Waals surface area contributed by atoms with Crippen LogP contribution in [0.3, 0.4) is 0 Å². The van der Waals surface area contributed by atoms with Gasteiger partial charge < -0.3 is 18.9 Å². The first-order valence-electron chi connectivity index (χ1n) is 22.6. The average molecular weight is 879 g/mol. The van der Waals surface area contributed by atoms with Crippen molar-refractivity contribution < 1.29 is 42.1 Å². The number of unbranched alkanes of at least 4 members (excludes halogenated alkanes) is 2. The number of carbonyl (C=O) groups excluding carboxylic acids is 2. The van der Waals surface area contributed by atoms with E-state index in [2.05, 4.69) is 135 Å². The van der Waals surface area contributed by atoms with Crippen LogP contribution in [0.1, 0.15) is 117 Å². The predicted octanol–water partition coefficient (Wildman–Crippen LogP) is 13.2. The second-order valence-corrected chi connectivity index (χ2v) is 16.9. The number of phosphoric acid groups is 1. The molecule has 0 saturated heterocycles. The number of nitrogens with zero attached hydrogens (tertiary/aromatic N) is 1. The summed E-state index contributed by atoms with van der Waals surface area (Å²) in [7, 11) is 1.36. The van der Waals surface area contributed by atoms with Crippen LogP contribution in [-0.2, 0) is 32.7 Å². The van der Waals surface area contributed by atoms with Gasteiger partial charge in [-0.05, 0) is 77.0 Å². The fourth-order valence-electron chi connectivity index (χ4n) is 4.87. The molecular weight excluding hydrogens is 798 g/mol. The molecule has 0 fully saturated rings. The van der Waals surface area contributed by atoms with E-state index in [1.54, 1.807) is 0 Å². The Bertz CT molecular complexity index is 1550. The van der Waals surface area contributed by atoms with Crippen molar-refractivity contribution >= 4 is 19.8 Å². The number of hydrogen-bond donors (Lipinski definition) is 1. The van der Waals surface area contributed by atoms with Crippen molar-refractivity contribution in [1.82, 2.24) is 0 Å². The number of rotatable bonds is 38. The molecule has 0 aliphatic rings. The molecule has 2 atom stereocenters. The van der Waals surface area contributed by atoms with Gasteiger partial charge >= 0.3 is 19.8 Å². The molecule has 0 rings (SSSR count). The Kier molecular flexibility index (Phi) is 39.4. The van der Waals surface area contributed by atoms with Crippen LogP contribution in [0.25, 0.3) is 0 Å². The van der Waals surface area contributed by atoms with Crippen LogP contribution < -0.4 is 0 Å². The van der Waals surface area contributed by atoms with E-state index in [4.69, 9.17) is 18.5 Å². The summed E-state index contributed by atoms with van der Waals surface area (Å²) >= 11 is 0. The van der Waals surface area contributed by atoms with Crippen LogP contribution in [-0.4, -0.2) is 74.9 Å². The lowest BCUT2D eigenvalue weighted by Gasteiger charge is -2.24. The van der Waals surface area contributed by atoms with Crippen LogP contribution >= 0.6 is 7.82 Å². The van der Waals surface area contributed by atoms with Crippen LogP contribution in [0.4, 0.5) is 0 Å². The van der Waals surface area contributed by atoms with Gasteiger partial charge in [0.1, 0.15) is 19.8 Å². The zero-order valence-corrected chi connectivity index (χ0v) is 39.7. The molecule has 0 bridgehead atoms. The molecule has 0 aromatic rings. The first-order chi connectivity index (χ1) is 30.0. The largest absolute Gasteiger partial charge is 0.472 e. The average Bonchev–Trinajstić information content (AvgIpc) is 3.23. The molecule has 346 valence electrons. The normalized spacial score (nSPS) is 14.9. The maximum atomic E-state index is 12.7. The number of allylic oxidation sites excluding steroid dienone is 24. The first kappa shape index (κ1) is 57.9. The quantitative estimate of drug-likeness (QED) is 0.0215. The molecule has 2 unspecified atom stereocenters. The SMILES string of the molecule is CCC/C=C/C=C/C/C=C/C/C=C/C/C=C/C/C=C/CCC(=O)OCC(COP(=O)(O)OCC[N+](C)(C)C)OC(=O)CC/C=C/C/C=C/C/C=C/C/C=C/C/C=C/C=C/CCC. The van der Waals surface area contributed by atoms with Crippen LogP contribution in [0.5, 0.6) is 0 Å². The van der Waals surface area contributed by atoms with Crippen molar-refractivity contribution in [3.63, 3.8) is 0 Å². The minimum atomic E-state index is -4.43.